The minimum absolute atomic E-state index is 0.00509. The van der Waals surface area contributed by atoms with Crippen LogP contribution in [0.3, 0.4) is 0 Å². The van der Waals surface area contributed by atoms with E-state index >= 15 is 0 Å². The predicted octanol–water partition coefficient (Wildman–Crippen LogP) is -0.0518. The van der Waals surface area contributed by atoms with E-state index in [1.165, 1.54) is 6.07 Å². The van der Waals surface area contributed by atoms with Crippen molar-refractivity contribution in [2.45, 2.75) is 12.0 Å². The van der Waals surface area contributed by atoms with Crippen LogP contribution >= 0.6 is 0 Å². The first-order valence-electron chi connectivity index (χ1n) is 5.97. The SMILES string of the molecule is COC(=O)c1cc(C#N)c(N)c2c1OCCC2(N)C(=O)O. The lowest BCUT2D eigenvalue weighted by atomic mass is 9.82. The molecule has 1 aromatic carbocycles. The number of hydrogen-bond donors (Lipinski definition) is 3. The number of benzene rings is 1. The van der Waals surface area contributed by atoms with E-state index in [0.717, 1.165) is 7.11 Å². The van der Waals surface area contributed by atoms with Crippen molar-refractivity contribution in [3.63, 3.8) is 0 Å². The van der Waals surface area contributed by atoms with Gasteiger partial charge in [-0.2, -0.15) is 5.26 Å². The van der Waals surface area contributed by atoms with Crippen LogP contribution in [0.15, 0.2) is 6.07 Å². The molecule has 8 heteroatoms. The molecule has 0 saturated carbocycles. The minimum Gasteiger partial charge on any atom is -0.492 e. The highest BCUT2D eigenvalue weighted by Crippen LogP contribution is 2.43. The number of nitrogens with zero attached hydrogens (tertiary/aromatic N) is 1. The van der Waals surface area contributed by atoms with Gasteiger partial charge in [0.05, 0.1) is 30.5 Å². The second-order valence-corrected chi connectivity index (χ2v) is 4.57. The molecule has 5 N–H and O–H groups in total. The maximum absolute atomic E-state index is 11.8. The number of aliphatic carboxylic acids is 1. The summed E-state index contributed by atoms with van der Waals surface area (Å²) in [5.41, 5.74) is 9.63. The van der Waals surface area contributed by atoms with E-state index in [9.17, 15) is 14.7 Å². The number of esters is 1. The number of rotatable bonds is 2. The van der Waals surface area contributed by atoms with Crippen molar-refractivity contribution >= 4 is 17.6 Å². The van der Waals surface area contributed by atoms with E-state index in [4.69, 9.17) is 21.5 Å². The first-order chi connectivity index (χ1) is 9.86. The average Bonchev–Trinajstić information content (AvgIpc) is 2.46. The lowest BCUT2D eigenvalue weighted by Crippen LogP contribution is -2.49. The fourth-order valence-corrected chi connectivity index (χ4v) is 2.28. The molecule has 1 aromatic rings. The summed E-state index contributed by atoms with van der Waals surface area (Å²) in [6.45, 7) is 0.00509. The Kier molecular flexibility index (Phi) is 3.45. The van der Waals surface area contributed by atoms with Crippen molar-refractivity contribution in [1.82, 2.24) is 0 Å². The van der Waals surface area contributed by atoms with E-state index < -0.39 is 17.5 Å². The first kappa shape index (κ1) is 14.6. The van der Waals surface area contributed by atoms with Crippen LogP contribution in [0, 0.1) is 11.3 Å². The van der Waals surface area contributed by atoms with E-state index in [1.807, 2.05) is 0 Å². The molecule has 0 aliphatic carbocycles. The number of ether oxygens (including phenoxy) is 2. The number of hydrogen-bond acceptors (Lipinski definition) is 7. The highest BCUT2D eigenvalue weighted by molar-refractivity contribution is 5.97. The molecule has 110 valence electrons. The molecule has 2 rings (SSSR count). The second kappa shape index (κ2) is 4.96. The molecule has 1 heterocycles. The number of carbonyl (C=O) groups is 2. The third-order valence-corrected chi connectivity index (χ3v) is 3.42. The third kappa shape index (κ3) is 2.04. The molecule has 21 heavy (non-hydrogen) atoms. The van der Waals surface area contributed by atoms with E-state index in [1.54, 1.807) is 6.07 Å². The summed E-state index contributed by atoms with van der Waals surface area (Å²) in [4.78, 5) is 23.3. The number of carbonyl (C=O) groups excluding carboxylic acids is 1. The van der Waals surface area contributed by atoms with Crippen molar-refractivity contribution < 1.29 is 24.2 Å². The molecular formula is C13H13N3O5. The monoisotopic (exact) mass is 291 g/mol. The summed E-state index contributed by atoms with van der Waals surface area (Å²) in [6.07, 6.45) is -0.0327. The Morgan fingerprint density at radius 2 is 2.24 bits per heavy atom. The lowest BCUT2D eigenvalue weighted by Gasteiger charge is -2.34. The van der Waals surface area contributed by atoms with Gasteiger partial charge in [-0.05, 0) is 6.07 Å². The molecule has 0 amide bonds. The van der Waals surface area contributed by atoms with Crippen LogP contribution in [-0.2, 0) is 15.1 Å². The average molecular weight is 291 g/mol. The van der Waals surface area contributed by atoms with Gasteiger partial charge in [-0.25, -0.2) is 9.59 Å². The van der Waals surface area contributed by atoms with Gasteiger partial charge >= 0.3 is 11.9 Å². The lowest BCUT2D eigenvalue weighted by molar-refractivity contribution is -0.144. The van der Waals surface area contributed by atoms with Gasteiger partial charge < -0.3 is 26.0 Å². The van der Waals surface area contributed by atoms with Crippen molar-refractivity contribution in [2.75, 3.05) is 19.5 Å². The zero-order valence-electron chi connectivity index (χ0n) is 11.2. The molecule has 0 spiro atoms. The summed E-state index contributed by atoms with van der Waals surface area (Å²) in [6, 6.07) is 3.01. The topological polar surface area (TPSA) is 149 Å². The summed E-state index contributed by atoms with van der Waals surface area (Å²) in [5, 5.41) is 18.5. The quantitative estimate of drug-likeness (QED) is 0.507. The Hall–Kier alpha value is -2.79. The van der Waals surface area contributed by atoms with Crippen molar-refractivity contribution in [2.24, 2.45) is 5.73 Å². The van der Waals surface area contributed by atoms with Gasteiger partial charge in [0.25, 0.3) is 0 Å². The van der Waals surface area contributed by atoms with Crippen molar-refractivity contribution in [1.29, 1.82) is 5.26 Å². The Bertz CT molecular complexity index is 679. The summed E-state index contributed by atoms with van der Waals surface area (Å²) < 4.78 is 9.98. The molecule has 8 nitrogen and oxygen atoms in total. The number of fused-ring (bicyclic) bond motifs is 1. The minimum atomic E-state index is -1.83. The highest BCUT2D eigenvalue weighted by atomic mass is 16.5. The first-order valence-corrected chi connectivity index (χ1v) is 5.97. The van der Waals surface area contributed by atoms with Gasteiger partial charge in [0.15, 0.2) is 0 Å². The molecule has 1 aliphatic heterocycles. The van der Waals surface area contributed by atoms with Crippen molar-refractivity contribution in [3.05, 3.63) is 22.8 Å². The smallest absolute Gasteiger partial charge is 0.341 e. The summed E-state index contributed by atoms with van der Waals surface area (Å²) in [7, 11) is 1.16. The van der Waals surface area contributed by atoms with Gasteiger partial charge in [-0.1, -0.05) is 0 Å². The standard InChI is InChI=1S/C13H13N3O5/c1-20-11(17)7-4-6(5-14)9(15)8-10(7)21-3-2-13(8,16)12(18)19/h4H,2-3,15-16H2,1H3,(H,18,19). The van der Waals surface area contributed by atoms with Gasteiger partial charge in [0.2, 0.25) is 0 Å². The number of methoxy groups -OCH3 is 1. The van der Waals surface area contributed by atoms with Crippen LogP contribution in [0.5, 0.6) is 5.75 Å². The molecule has 0 saturated heterocycles. The van der Waals surface area contributed by atoms with Crippen LogP contribution in [0.4, 0.5) is 5.69 Å². The highest BCUT2D eigenvalue weighted by Gasteiger charge is 2.45. The molecule has 1 atom stereocenters. The van der Waals surface area contributed by atoms with E-state index in [-0.39, 0.29) is 41.2 Å². The van der Waals surface area contributed by atoms with Gasteiger partial charge in [-0.15, -0.1) is 0 Å². The number of carboxylic acid groups (broad SMARTS) is 1. The zero-order valence-corrected chi connectivity index (χ0v) is 11.2. The van der Waals surface area contributed by atoms with Crippen LogP contribution in [0.1, 0.15) is 27.9 Å². The van der Waals surface area contributed by atoms with Gasteiger partial charge in [0.1, 0.15) is 22.9 Å². The maximum Gasteiger partial charge on any atom is 0.341 e. The second-order valence-electron chi connectivity index (χ2n) is 4.57. The van der Waals surface area contributed by atoms with E-state index in [0.29, 0.717) is 0 Å². The fourth-order valence-electron chi connectivity index (χ4n) is 2.28. The van der Waals surface area contributed by atoms with E-state index in [2.05, 4.69) is 4.74 Å². The van der Waals surface area contributed by atoms with Crippen LogP contribution < -0.4 is 16.2 Å². The third-order valence-electron chi connectivity index (χ3n) is 3.42. The maximum atomic E-state index is 11.8. The number of nitrogen functional groups attached to an aromatic ring is 1. The normalized spacial score (nSPS) is 19.9. The molecule has 0 fully saturated rings. The molecule has 0 radical (unpaired) electrons. The number of nitrogens with two attached hydrogens (primary N) is 2. The number of nitriles is 1. The zero-order chi connectivity index (χ0) is 15.8. The number of anilines is 1. The summed E-state index contributed by atoms with van der Waals surface area (Å²) in [5.74, 6) is -2.13. The Balaban J connectivity index is 2.86. The fraction of sp³-hybridized carbons (Fsp3) is 0.308. The van der Waals surface area contributed by atoms with Gasteiger partial charge in [0, 0.05) is 6.42 Å². The largest absolute Gasteiger partial charge is 0.492 e. The molecule has 0 bridgehead atoms. The number of carboxylic acids is 1. The van der Waals surface area contributed by atoms with Crippen LogP contribution in [0.2, 0.25) is 0 Å². The molecule has 0 aromatic heterocycles. The van der Waals surface area contributed by atoms with Crippen LogP contribution in [-0.4, -0.2) is 30.8 Å². The Morgan fingerprint density at radius 3 is 2.76 bits per heavy atom. The van der Waals surface area contributed by atoms with Crippen LogP contribution in [0.25, 0.3) is 0 Å². The Morgan fingerprint density at radius 1 is 1.57 bits per heavy atom. The van der Waals surface area contributed by atoms with Crippen molar-refractivity contribution in [3.8, 4) is 11.8 Å². The predicted molar refractivity (Wildman–Crippen MR) is 70.5 cm³/mol. The summed E-state index contributed by atoms with van der Waals surface area (Å²) >= 11 is 0. The molecule has 1 aliphatic rings. The molecule has 1 unspecified atom stereocenters. The molecular weight excluding hydrogens is 278 g/mol. The van der Waals surface area contributed by atoms with Gasteiger partial charge in [-0.3, -0.25) is 0 Å². The Labute approximate surface area is 119 Å².